The fourth-order valence-corrected chi connectivity index (χ4v) is 2.67. The Morgan fingerprint density at radius 2 is 1.83 bits per heavy atom. The molecule has 0 aliphatic heterocycles. The largest absolute Gasteiger partial charge is 0.351 e. The maximum atomic E-state index is 13.5. The van der Waals surface area contributed by atoms with Gasteiger partial charge in [0.15, 0.2) is 0 Å². The van der Waals surface area contributed by atoms with Crippen molar-refractivity contribution in [3.05, 3.63) is 63.9 Å². The van der Waals surface area contributed by atoms with Crippen molar-refractivity contribution in [1.82, 2.24) is 5.32 Å². The van der Waals surface area contributed by atoms with Gasteiger partial charge in [0.05, 0.1) is 10.7 Å². The molecule has 24 heavy (non-hydrogen) atoms. The molecule has 0 spiro atoms. The molecular weight excluding hydrogens is 331 g/mol. The Labute approximate surface area is 145 Å². The predicted molar refractivity (Wildman–Crippen MR) is 92.4 cm³/mol. The summed E-state index contributed by atoms with van der Waals surface area (Å²) in [7, 11) is 0. The van der Waals surface area contributed by atoms with Gasteiger partial charge in [-0.1, -0.05) is 35.9 Å². The summed E-state index contributed by atoms with van der Waals surface area (Å²) in [4.78, 5) is 23.8. The summed E-state index contributed by atoms with van der Waals surface area (Å²) in [5.74, 6) is -1.36. The van der Waals surface area contributed by atoms with Crippen molar-refractivity contribution in [2.75, 3.05) is 5.32 Å². The standard InChI is InChI=1S/C18H18ClFN2O2/c1-11-7-12(2)18(14(19)8-11)22-17(24)9-16(23)21-10-13-5-3-4-6-15(13)20/h3-8H,9-10H2,1-2H3,(H,21,23)(H,22,24). The van der Waals surface area contributed by atoms with Crippen molar-refractivity contribution >= 4 is 29.1 Å². The highest BCUT2D eigenvalue weighted by molar-refractivity contribution is 6.34. The maximum Gasteiger partial charge on any atom is 0.233 e. The quantitative estimate of drug-likeness (QED) is 0.809. The van der Waals surface area contributed by atoms with Gasteiger partial charge in [0.25, 0.3) is 0 Å². The molecule has 0 atom stereocenters. The maximum absolute atomic E-state index is 13.5. The Morgan fingerprint density at radius 1 is 1.12 bits per heavy atom. The molecule has 0 saturated carbocycles. The predicted octanol–water partition coefficient (Wildman–Crippen LogP) is 3.74. The number of carbonyl (C=O) groups is 2. The molecule has 2 rings (SSSR count). The van der Waals surface area contributed by atoms with E-state index in [0.29, 0.717) is 16.3 Å². The van der Waals surface area contributed by atoms with Gasteiger partial charge in [-0.2, -0.15) is 0 Å². The van der Waals surface area contributed by atoms with Crippen LogP contribution in [0.25, 0.3) is 0 Å². The molecule has 0 saturated heterocycles. The topological polar surface area (TPSA) is 58.2 Å². The zero-order valence-corrected chi connectivity index (χ0v) is 14.2. The highest BCUT2D eigenvalue weighted by Gasteiger charge is 2.13. The summed E-state index contributed by atoms with van der Waals surface area (Å²) >= 11 is 6.12. The summed E-state index contributed by atoms with van der Waals surface area (Å²) in [5.41, 5.74) is 2.66. The van der Waals surface area contributed by atoms with Gasteiger partial charge in [-0.15, -0.1) is 0 Å². The number of aryl methyl sites for hydroxylation is 2. The lowest BCUT2D eigenvalue weighted by Crippen LogP contribution is -2.28. The summed E-state index contributed by atoms with van der Waals surface area (Å²) < 4.78 is 13.5. The average molecular weight is 349 g/mol. The number of rotatable bonds is 5. The lowest BCUT2D eigenvalue weighted by Gasteiger charge is -2.12. The normalized spacial score (nSPS) is 10.3. The minimum Gasteiger partial charge on any atom is -0.351 e. The van der Waals surface area contributed by atoms with E-state index in [1.165, 1.54) is 6.07 Å². The summed E-state index contributed by atoms with van der Waals surface area (Å²) in [6.45, 7) is 3.76. The number of halogens is 2. The van der Waals surface area contributed by atoms with Crippen molar-refractivity contribution < 1.29 is 14.0 Å². The fraction of sp³-hybridized carbons (Fsp3) is 0.222. The lowest BCUT2D eigenvalue weighted by molar-refractivity contribution is -0.126. The molecule has 126 valence electrons. The number of hydrogen-bond donors (Lipinski definition) is 2. The molecule has 0 bridgehead atoms. The highest BCUT2D eigenvalue weighted by atomic mass is 35.5. The Kier molecular flexibility index (Phi) is 5.93. The third-order valence-electron chi connectivity index (χ3n) is 3.45. The molecule has 0 fully saturated rings. The van der Waals surface area contributed by atoms with Crippen LogP contribution in [0.15, 0.2) is 36.4 Å². The van der Waals surface area contributed by atoms with Crippen molar-refractivity contribution in [3.8, 4) is 0 Å². The fourth-order valence-electron chi connectivity index (χ4n) is 2.30. The van der Waals surface area contributed by atoms with Crippen LogP contribution >= 0.6 is 11.6 Å². The Hall–Kier alpha value is -2.40. The van der Waals surface area contributed by atoms with Gasteiger partial charge >= 0.3 is 0 Å². The Morgan fingerprint density at radius 3 is 2.50 bits per heavy atom. The molecule has 2 aromatic carbocycles. The summed E-state index contributed by atoms with van der Waals surface area (Å²) in [5, 5.41) is 5.59. The van der Waals surface area contributed by atoms with Crippen molar-refractivity contribution in [1.29, 1.82) is 0 Å². The van der Waals surface area contributed by atoms with E-state index in [1.807, 2.05) is 19.9 Å². The number of anilines is 1. The smallest absolute Gasteiger partial charge is 0.233 e. The monoisotopic (exact) mass is 348 g/mol. The number of nitrogens with one attached hydrogen (secondary N) is 2. The van der Waals surface area contributed by atoms with Crippen LogP contribution in [0.4, 0.5) is 10.1 Å². The third kappa shape index (κ3) is 4.80. The molecule has 0 aliphatic rings. The van der Waals surface area contributed by atoms with Gasteiger partial charge in [-0.3, -0.25) is 9.59 Å². The van der Waals surface area contributed by atoms with Crippen LogP contribution in [0.5, 0.6) is 0 Å². The van der Waals surface area contributed by atoms with E-state index in [4.69, 9.17) is 11.6 Å². The molecule has 0 radical (unpaired) electrons. The number of amides is 2. The van der Waals surface area contributed by atoms with Gasteiger partial charge < -0.3 is 10.6 Å². The van der Waals surface area contributed by atoms with Gasteiger partial charge in [-0.05, 0) is 37.1 Å². The molecule has 0 aromatic heterocycles. The van der Waals surface area contributed by atoms with Crippen LogP contribution < -0.4 is 10.6 Å². The van der Waals surface area contributed by atoms with E-state index in [-0.39, 0.29) is 13.0 Å². The number of benzene rings is 2. The van der Waals surface area contributed by atoms with E-state index in [1.54, 1.807) is 24.3 Å². The molecule has 2 amide bonds. The molecule has 2 N–H and O–H groups in total. The van der Waals surface area contributed by atoms with Crippen LogP contribution in [-0.4, -0.2) is 11.8 Å². The molecule has 0 aliphatic carbocycles. The first-order chi connectivity index (χ1) is 11.4. The van der Waals surface area contributed by atoms with Crippen LogP contribution in [-0.2, 0) is 16.1 Å². The zero-order valence-electron chi connectivity index (χ0n) is 13.5. The lowest BCUT2D eigenvalue weighted by atomic mass is 10.1. The van der Waals surface area contributed by atoms with Gasteiger partial charge in [0.2, 0.25) is 11.8 Å². The summed E-state index contributed by atoms with van der Waals surface area (Å²) in [6.07, 6.45) is -0.363. The first-order valence-corrected chi connectivity index (χ1v) is 7.81. The highest BCUT2D eigenvalue weighted by Crippen LogP contribution is 2.27. The van der Waals surface area contributed by atoms with Crippen molar-refractivity contribution in [2.45, 2.75) is 26.8 Å². The molecule has 2 aromatic rings. The number of hydrogen-bond acceptors (Lipinski definition) is 2. The van der Waals surface area contributed by atoms with Crippen LogP contribution in [0.1, 0.15) is 23.1 Å². The Balaban J connectivity index is 1.91. The van der Waals surface area contributed by atoms with Crippen molar-refractivity contribution in [3.63, 3.8) is 0 Å². The minimum atomic E-state index is -0.489. The van der Waals surface area contributed by atoms with E-state index in [2.05, 4.69) is 10.6 Å². The SMILES string of the molecule is Cc1cc(C)c(NC(=O)CC(=O)NCc2ccccc2F)c(Cl)c1. The molecule has 6 heteroatoms. The number of carbonyl (C=O) groups excluding carboxylic acids is 2. The van der Waals surface area contributed by atoms with Gasteiger partial charge in [-0.25, -0.2) is 4.39 Å². The molecule has 0 heterocycles. The summed E-state index contributed by atoms with van der Waals surface area (Å²) in [6, 6.07) is 9.77. The Bertz CT molecular complexity index is 754. The zero-order chi connectivity index (χ0) is 17.7. The molecule has 4 nitrogen and oxygen atoms in total. The van der Waals surface area contributed by atoms with E-state index < -0.39 is 17.6 Å². The average Bonchev–Trinajstić information content (AvgIpc) is 2.50. The second-order valence-corrected chi connectivity index (χ2v) is 5.94. The van der Waals surface area contributed by atoms with E-state index >= 15 is 0 Å². The van der Waals surface area contributed by atoms with Crippen LogP contribution in [0.2, 0.25) is 5.02 Å². The molecular formula is C18H18ClFN2O2. The molecule has 0 unspecified atom stereocenters. The first-order valence-electron chi connectivity index (χ1n) is 7.43. The van der Waals surface area contributed by atoms with Gasteiger partial charge in [0, 0.05) is 12.1 Å². The van der Waals surface area contributed by atoms with E-state index in [0.717, 1.165) is 11.1 Å². The first kappa shape index (κ1) is 17.9. The van der Waals surface area contributed by atoms with Crippen LogP contribution in [0.3, 0.4) is 0 Å². The minimum absolute atomic E-state index is 0.0309. The van der Waals surface area contributed by atoms with Gasteiger partial charge in [0.1, 0.15) is 12.2 Å². The third-order valence-corrected chi connectivity index (χ3v) is 3.75. The second kappa shape index (κ2) is 7.93. The van der Waals surface area contributed by atoms with E-state index in [9.17, 15) is 14.0 Å². The van der Waals surface area contributed by atoms with Crippen molar-refractivity contribution in [2.24, 2.45) is 0 Å². The van der Waals surface area contributed by atoms with Crippen LogP contribution in [0, 0.1) is 19.7 Å². The second-order valence-electron chi connectivity index (χ2n) is 5.53.